The third-order valence-electron chi connectivity index (χ3n) is 6.73. The van der Waals surface area contributed by atoms with Crippen LogP contribution in [-0.4, -0.2) is 36.7 Å². The monoisotopic (exact) mass is 563 g/mol. The first-order chi connectivity index (χ1) is 18.7. The van der Waals surface area contributed by atoms with Crippen molar-refractivity contribution in [3.05, 3.63) is 89.0 Å². The Balaban J connectivity index is 1.67. The largest absolute Gasteiger partial charge is 0.279 e. The molecule has 0 unspecified atom stereocenters. The van der Waals surface area contributed by atoms with Gasteiger partial charge < -0.3 is 0 Å². The lowest BCUT2D eigenvalue weighted by Crippen LogP contribution is -2.33. The van der Waals surface area contributed by atoms with Gasteiger partial charge in [0.2, 0.25) is 10.0 Å². The van der Waals surface area contributed by atoms with Crippen LogP contribution in [0.1, 0.15) is 66.6 Å². The van der Waals surface area contributed by atoms with Crippen LogP contribution < -0.4 is 4.90 Å². The lowest BCUT2D eigenvalue weighted by atomic mass is 10.1. The molecule has 39 heavy (non-hydrogen) atoms. The van der Waals surface area contributed by atoms with Gasteiger partial charge in [-0.05, 0) is 73.7 Å². The third-order valence-corrected chi connectivity index (χ3v) is 9.87. The summed E-state index contributed by atoms with van der Waals surface area (Å²) in [6, 6.07) is 20.3. The van der Waals surface area contributed by atoms with Crippen molar-refractivity contribution in [2.75, 3.05) is 18.0 Å². The van der Waals surface area contributed by atoms with Gasteiger partial charge in [0.1, 0.15) is 0 Å². The Morgan fingerprint density at radius 2 is 1.54 bits per heavy atom. The van der Waals surface area contributed by atoms with Gasteiger partial charge >= 0.3 is 0 Å². The topological polar surface area (TPSA) is 70.6 Å². The molecule has 4 rings (SSSR count). The number of carbonyl (C=O) groups is 1. The average Bonchev–Trinajstić information content (AvgIpc) is 3.36. The van der Waals surface area contributed by atoms with Crippen LogP contribution in [0, 0.1) is 13.8 Å². The van der Waals surface area contributed by atoms with Crippen molar-refractivity contribution < 1.29 is 13.2 Å². The number of sulfonamides is 1. The molecule has 8 heteroatoms. The Bertz CT molecular complexity index is 1510. The Labute approximate surface area is 236 Å². The number of anilines is 1. The fourth-order valence-electron chi connectivity index (χ4n) is 4.57. The second kappa shape index (κ2) is 12.9. The molecule has 6 nitrogen and oxygen atoms in total. The van der Waals surface area contributed by atoms with Crippen molar-refractivity contribution >= 4 is 42.6 Å². The summed E-state index contributed by atoms with van der Waals surface area (Å²) in [5.41, 5.74) is 4.54. The van der Waals surface area contributed by atoms with Gasteiger partial charge in [-0.25, -0.2) is 13.4 Å². The maximum Gasteiger partial charge on any atom is 0.260 e. The number of aromatic nitrogens is 1. The molecule has 0 radical (unpaired) electrons. The number of rotatable bonds is 12. The summed E-state index contributed by atoms with van der Waals surface area (Å²) in [7, 11) is -3.64. The second-order valence-electron chi connectivity index (χ2n) is 9.94. The number of aryl methyl sites for hydroxylation is 2. The number of unbranched alkanes of at least 4 members (excludes halogenated alkanes) is 2. The predicted molar refractivity (Wildman–Crippen MR) is 161 cm³/mol. The summed E-state index contributed by atoms with van der Waals surface area (Å²) in [5.74, 6) is -0.218. The number of fused-ring (bicyclic) bond motifs is 1. The normalized spacial score (nSPS) is 11.8. The number of carbonyl (C=O) groups excluding carboxylic acids is 1. The number of hydrogen-bond donors (Lipinski definition) is 0. The molecule has 206 valence electrons. The minimum absolute atomic E-state index is 0.215. The van der Waals surface area contributed by atoms with E-state index in [1.807, 2.05) is 43.3 Å². The molecule has 0 saturated heterocycles. The van der Waals surface area contributed by atoms with E-state index in [1.165, 1.54) is 11.3 Å². The summed E-state index contributed by atoms with van der Waals surface area (Å²) in [6.45, 7) is 9.57. The first-order valence-electron chi connectivity index (χ1n) is 13.6. The maximum absolute atomic E-state index is 13.9. The molecule has 1 heterocycles. The summed E-state index contributed by atoms with van der Waals surface area (Å²) in [6.07, 6.45) is 3.48. The van der Waals surface area contributed by atoms with Crippen LogP contribution in [0.2, 0.25) is 0 Å². The minimum Gasteiger partial charge on any atom is -0.279 e. The molecular weight excluding hydrogens is 526 g/mol. The van der Waals surface area contributed by atoms with Crippen LogP contribution in [0.3, 0.4) is 0 Å². The molecule has 0 atom stereocenters. The molecule has 1 aromatic heterocycles. The standard InChI is InChI=1S/C31H37N3O3S2/c1-5-7-18-33(19-8-6-2)39(36,37)27-16-14-26(15-17-27)30(35)34(22-25-12-10-9-11-13-25)31-32-28-21-23(3)20-24(4)29(28)38-31/h9-17,20-21H,5-8,18-19,22H2,1-4H3. The Hall–Kier alpha value is -3.07. The molecule has 0 aliphatic heterocycles. The van der Waals surface area contributed by atoms with E-state index >= 15 is 0 Å². The summed E-state index contributed by atoms with van der Waals surface area (Å²) in [5, 5.41) is 0.620. The van der Waals surface area contributed by atoms with Crippen LogP contribution in [0.15, 0.2) is 71.6 Å². The SMILES string of the molecule is CCCCN(CCCC)S(=O)(=O)c1ccc(C(=O)N(Cc2ccccc2)c2nc3cc(C)cc(C)c3s2)cc1. The zero-order chi connectivity index (χ0) is 28.0. The minimum atomic E-state index is -3.64. The molecule has 0 saturated carbocycles. The number of amides is 1. The van der Waals surface area contributed by atoms with Crippen molar-refractivity contribution in [2.24, 2.45) is 0 Å². The molecule has 4 aromatic rings. The molecule has 1 amide bonds. The second-order valence-corrected chi connectivity index (χ2v) is 12.9. The van der Waals surface area contributed by atoms with Gasteiger partial charge in [-0.3, -0.25) is 9.69 Å². The van der Waals surface area contributed by atoms with Gasteiger partial charge in [-0.1, -0.05) is 74.4 Å². The summed E-state index contributed by atoms with van der Waals surface area (Å²) in [4.78, 5) is 20.6. The average molecular weight is 564 g/mol. The Morgan fingerprint density at radius 3 is 2.15 bits per heavy atom. The maximum atomic E-state index is 13.9. The van der Waals surface area contributed by atoms with Crippen molar-refractivity contribution in [3.8, 4) is 0 Å². The van der Waals surface area contributed by atoms with E-state index in [-0.39, 0.29) is 10.8 Å². The fraction of sp³-hybridized carbons (Fsp3) is 0.355. The number of thiazole rings is 1. The van der Waals surface area contributed by atoms with E-state index < -0.39 is 10.0 Å². The quantitative estimate of drug-likeness (QED) is 0.181. The molecule has 0 fully saturated rings. The van der Waals surface area contributed by atoms with Crippen molar-refractivity contribution in [1.29, 1.82) is 0 Å². The highest BCUT2D eigenvalue weighted by atomic mass is 32.2. The van der Waals surface area contributed by atoms with E-state index in [4.69, 9.17) is 4.98 Å². The first kappa shape index (κ1) is 28.9. The van der Waals surface area contributed by atoms with Crippen LogP contribution in [-0.2, 0) is 16.6 Å². The third kappa shape index (κ3) is 6.75. The van der Waals surface area contributed by atoms with Gasteiger partial charge in [0.15, 0.2) is 5.13 Å². The lowest BCUT2D eigenvalue weighted by Gasteiger charge is -2.23. The lowest BCUT2D eigenvalue weighted by molar-refractivity contribution is 0.0985. The fourth-order valence-corrected chi connectivity index (χ4v) is 7.10. The van der Waals surface area contributed by atoms with Gasteiger partial charge in [0, 0.05) is 18.7 Å². The number of hydrogen-bond acceptors (Lipinski definition) is 5. The van der Waals surface area contributed by atoms with Gasteiger partial charge in [0.25, 0.3) is 5.91 Å². The molecule has 0 N–H and O–H groups in total. The van der Waals surface area contributed by atoms with Crippen LogP contribution in [0.4, 0.5) is 5.13 Å². The molecular formula is C31H37N3O3S2. The van der Waals surface area contributed by atoms with Crippen LogP contribution >= 0.6 is 11.3 Å². The molecule has 3 aromatic carbocycles. The predicted octanol–water partition coefficient (Wildman–Crippen LogP) is 7.35. The van der Waals surface area contributed by atoms with E-state index in [9.17, 15) is 13.2 Å². The van der Waals surface area contributed by atoms with E-state index in [1.54, 1.807) is 33.5 Å². The zero-order valence-electron chi connectivity index (χ0n) is 23.2. The summed E-state index contributed by atoms with van der Waals surface area (Å²) >= 11 is 1.50. The highest BCUT2D eigenvalue weighted by Crippen LogP contribution is 2.34. The van der Waals surface area contributed by atoms with Crippen LogP contribution in [0.5, 0.6) is 0 Å². The van der Waals surface area contributed by atoms with Gasteiger partial charge in [-0.15, -0.1) is 0 Å². The van der Waals surface area contributed by atoms with Gasteiger partial charge in [0.05, 0.1) is 21.7 Å². The zero-order valence-corrected chi connectivity index (χ0v) is 24.8. The smallest absolute Gasteiger partial charge is 0.260 e. The summed E-state index contributed by atoms with van der Waals surface area (Å²) < 4.78 is 29.4. The number of nitrogens with zero attached hydrogens (tertiary/aromatic N) is 3. The molecule has 0 bridgehead atoms. The number of benzene rings is 3. The van der Waals surface area contributed by atoms with E-state index in [2.05, 4.69) is 26.8 Å². The van der Waals surface area contributed by atoms with Gasteiger partial charge in [-0.2, -0.15) is 4.31 Å². The van der Waals surface area contributed by atoms with Crippen LogP contribution in [0.25, 0.3) is 10.2 Å². The molecule has 0 aliphatic carbocycles. The molecule has 0 aliphatic rings. The Kier molecular flexibility index (Phi) is 9.53. The first-order valence-corrected chi connectivity index (χ1v) is 15.8. The highest BCUT2D eigenvalue weighted by molar-refractivity contribution is 7.89. The highest BCUT2D eigenvalue weighted by Gasteiger charge is 2.26. The Morgan fingerprint density at radius 1 is 0.897 bits per heavy atom. The van der Waals surface area contributed by atoms with E-state index in [0.717, 1.165) is 52.6 Å². The van der Waals surface area contributed by atoms with E-state index in [0.29, 0.717) is 30.3 Å². The van der Waals surface area contributed by atoms with Crippen molar-refractivity contribution in [2.45, 2.75) is 64.8 Å². The molecule has 0 spiro atoms. The van der Waals surface area contributed by atoms with Crippen molar-refractivity contribution in [3.63, 3.8) is 0 Å². The van der Waals surface area contributed by atoms with Crippen molar-refractivity contribution in [1.82, 2.24) is 9.29 Å².